The van der Waals surface area contributed by atoms with Crippen LogP contribution in [0.3, 0.4) is 0 Å². The van der Waals surface area contributed by atoms with Gasteiger partial charge in [0.2, 0.25) is 5.91 Å². The van der Waals surface area contributed by atoms with Crippen LogP contribution in [-0.2, 0) is 21.4 Å². The minimum absolute atomic E-state index is 0.00114. The van der Waals surface area contributed by atoms with Crippen molar-refractivity contribution in [3.05, 3.63) is 35.6 Å². The minimum atomic E-state index is -3.43. The van der Waals surface area contributed by atoms with Gasteiger partial charge >= 0.3 is 0 Å². The van der Waals surface area contributed by atoms with Gasteiger partial charge < -0.3 is 4.90 Å². The lowest BCUT2D eigenvalue weighted by molar-refractivity contribution is -0.136. The Morgan fingerprint density at radius 3 is 2.21 bits per heavy atom. The summed E-state index contributed by atoms with van der Waals surface area (Å²) in [5.74, 6) is -0.523. The number of amides is 1. The van der Waals surface area contributed by atoms with E-state index in [4.69, 9.17) is 0 Å². The van der Waals surface area contributed by atoms with E-state index in [2.05, 4.69) is 0 Å². The molecule has 0 aromatic heterocycles. The van der Waals surface area contributed by atoms with Gasteiger partial charge in [-0.25, -0.2) is 4.39 Å². The Hall–Kier alpha value is -1.51. The van der Waals surface area contributed by atoms with Crippen LogP contribution in [0.2, 0.25) is 0 Å². The number of nitrogens with zero attached hydrogens (tertiary/aromatic N) is 3. The van der Waals surface area contributed by atoms with E-state index in [1.165, 1.54) is 34.8 Å². The first-order chi connectivity index (χ1) is 11.2. The number of rotatable bonds is 5. The van der Waals surface area contributed by atoms with E-state index in [-0.39, 0.29) is 17.6 Å². The zero-order chi connectivity index (χ0) is 17.9. The molecule has 2 rings (SSSR count). The summed E-state index contributed by atoms with van der Waals surface area (Å²) in [5, 5.41) is 0. The van der Waals surface area contributed by atoms with Gasteiger partial charge in [0.15, 0.2) is 0 Å². The first kappa shape index (κ1) is 18.8. The molecule has 1 unspecified atom stereocenters. The van der Waals surface area contributed by atoms with Gasteiger partial charge in [-0.15, -0.1) is 0 Å². The maximum atomic E-state index is 12.9. The van der Waals surface area contributed by atoms with E-state index in [1.807, 2.05) is 6.92 Å². The number of halogens is 1. The maximum Gasteiger partial charge on any atom is 0.281 e. The van der Waals surface area contributed by atoms with Gasteiger partial charge in [0.05, 0.1) is 0 Å². The molecule has 24 heavy (non-hydrogen) atoms. The number of piperazine rings is 1. The van der Waals surface area contributed by atoms with Gasteiger partial charge in [-0.1, -0.05) is 19.1 Å². The van der Waals surface area contributed by atoms with Gasteiger partial charge in [0, 0.05) is 46.2 Å². The SMILES string of the molecule is CC(Cc1ccc(F)cc1)C(=O)N1CCN(S(=O)(=O)N(C)C)CC1. The van der Waals surface area contributed by atoms with Crippen molar-refractivity contribution in [2.24, 2.45) is 5.92 Å². The third-order valence-corrected chi connectivity index (χ3v) is 6.16. The highest BCUT2D eigenvalue weighted by Crippen LogP contribution is 2.15. The summed E-state index contributed by atoms with van der Waals surface area (Å²) in [5.41, 5.74) is 0.908. The van der Waals surface area contributed by atoms with Gasteiger partial charge in [-0.05, 0) is 24.1 Å². The molecule has 6 nitrogen and oxygen atoms in total. The Morgan fingerprint density at radius 2 is 1.71 bits per heavy atom. The smallest absolute Gasteiger partial charge is 0.281 e. The quantitative estimate of drug-likeness (QED) is 0.788. The molecule has 1 heterocycles. The van der Waals surface area contributed by atoms with Gasteiger partial charge in [0.25, 0.3) is 10.2 Å². The molecule has 1 aromatic rings. The summed E-state index contributed by atoms with van der Waals surface area (Å²) >= 11 is 0. The van der Waals surface area contributed by atoms with Gasteiger partial charge in [0.1, 0.15) is 5.82 Å². The van der Waals surface area contributed by atoms with Gasteiger partial charge in [-0.3, -0.25) is 4.79 Å². The summed E-state index contributed by atoms with van der Waals surface area (Å²) in [6.45, 7) is 3.22. The number of hydrogen-bond donors (Lipinski definition) is 0. The maximum absolute atomic E-state index is 12.9. The van der Waals surface area contributed by atoms with Crippen molar-refractivity contribution in [2.75, 3.05) is 40.3 Å². The number of carbonyl (C=O) groups excluding carboxylic acids is 1. The molecule has 134 valence electrons. The zero-order valence-corrected chi connectivity index (χ0v) is 15.1. The van der Waals surface area contributed by atoms with Crippen molar-refractivity contribution < 1.29 is 17.6 Å². The molecule has 1 aromatic carbocycles. The van der Waals surface area contributed by atoms with E-state index in [0.717, 1.165) is 5.56 Å². The molecule has 0 N–H and O–H groups in total. The molecule has 8 heteroatoms. The summed E-state index contributed by atoms with van der Waals surface area (Å²) in [6, 6.07) is 6.14. The van der Waals surface area contributed by atoms with Crippen LogP contribution < -0.4 is 0 Å². The second-order valence-electron chi connectivity index (χ2n) is 6.25. The highest BCUT2D eigenvalue weighted by molar-refractivity contribution is 7.86. The molecule has 0 saturated carbocycles. The van der Waals surface area contributed by atoms with Crippen molar-refractivity contribution >= 4 is 16.1 Å². The van der Waals surface area contributed by atoms with Crippen molar-refractivity contribution in [1.29, 1.82) is 0 Å². The minimum Gasteiger partial charge on any atom is -0.340 e. The fraction of sp³-hybridized carbons (Fsp3) is 0.562. The van der Waals surface area contributed by atoms with E-state index < -0.39 is 10.2 Å². The Balaban J connectivity index is 1.91. The summed E-state index contributed by atoms with van der Waals surface area (Å²) < 4.78 is 39.7. The van der Waals surface area contributed by atoms with Crippen molar-refractivity contribution in [1.82, 2.24) is 13.5 Å². The topological polar surface area (TPSA) is 60.9 Å². The average molecular weight is 357 g/mol. The number of benzene rings is 1. The first-order valence-corrected chi connectivity index (χ1v) is 9.32. The Bertz CT molecular complexity index is 668. The van der Waals surface area contributed by atoms with Crippen LogP contribution in [0, 0.1) is 11.7 Å². The van der Waals surface area contributed by atoms with E-state index in [0.29, 0.717) is 32.6 Å². The lowest BCUT2D eigenvalue weighted by Crippen LogP contribution is -2.54. The predicted molar refractivity (Wildman–Crippen MR) is 90.0 cm³/mol. The van der Waals surface area contributed by atoms with Crippen LogP contribution in [-0.4, -0.2) is 68.1 Å². The lowest BCUT2D eigenvalue weighted by Gasteiger charge is -2.36. The Kier molecular flexibility index (Phi) is 5.95. The molecule has 1 saturated heterocycles. The standard InChI is InChI=1S/C16H24FN3O3S/c1-13(12-14-4-6-15(17)7-5-14)16(21)19-8-10-20(11-9-19)24(22,23)18(2)3/h4-7,13H,8-12H2,1-3H3. The normalized spacial score (nSPS) is 18.0. The first-order valence-electron chi connectivity index (χ1n) is 7.92. The highest BCUT2D eigenvalue weighted by Gasteiger charge is 2.31. The molecule has 0 bridgehead atoms. The van der Waals surface area contributed by atoms with Crippen LogP contribution in [0.15, 0.2) is 24.3 Å². The molecule has 1 aliphatic heterocycles. The van der Waals surface area contributed by atoms with Crippen molar-refractivity contribution in [2.45, 2.75) is 13.3 Å². The molecular formula is C16H24FN3O3S. The molecular weight excluding hydrogens is 333 g/mol. The van der Waals surface area contributed by atoms with Gasteiger partial charge in [-0.2, -0.15) is 17.0 Å². The van der Waals surface area contributed by atoms with Crippen molar-refractivity contribution in [3.8, 4) is 0 Å². The largest absolute Gasteiger partial charge is 0.340 e. The molecule has 0 radical (unpaired) electrons. The molecule has 0 aliphatic carbocycles. The Labute approximate surface area is 143 Å². The molecule has 1 atom stereocenters. The van der Waals surface area contributed by atoms with Crippen molar-refractivity contribution in [3.63, 3.8) is 0 Å². The number of hydrogen-bond acceptors (Lipinski definition) is 3. The van der Waals surface area contributed by atoms with Crippen LogP contribution in [0.1, 0.15) is 12.5 Å². The summed E-state index contributed by atoms with van der Waals surface area (Å²) in [7, 11) is -0.433. The third kappa shape index (κ3) is 4.31. The fourth-order valence-corrected chi connectivity index (χ4v) is 3.83. The number of carbonyl (C=O) groups is 1. The molecule has 1 fully saturated rings. The summed E-state index contributed by atoms with van der Waals surface area (Å²) in [6.07, 6.45) is 0.537. The third-order valence-electron chi connectivity index (χ3n) is 4.21. The van der Waals surface area contributed by atoms with E-state index in [1.54, 1.807) is 17.0 Å². The predicted octanol–water partition coefficient (Wildman–Crippen LogP) is 0.955. The van der Waals surface area contributed by atoms with Crippen LogP contribution in [0.5, 0.6) is 0 Å². The second kappa shape index (κ2) is 7.58. The fourth-order valence-electron chi connectivity index (χ4n) is 2.74. The average Bonchev–Trinajstić information content (AvgIpc) is 2.56. The summed E-state index contributed by atoms with van der Waals surface area (Å²) in [4.78, 5) is 14.2. The van der Waals surface area contributed by atoms with Crippen LogP contribution >= 0.6 is 0 Å². The van der Waals surface area contributed by atoms with Crippen LogP contribution in [0.4, 0.5) is 4.39 Å². The van der Waals surface area contributed by atoms with E-state index in [9.17, 15) is 17.6 Å². The Morgan fingerprint density at radius 1 is 1.17 bits per heavy atom. The monoisotopic (exact) mass is 357 g/mol. The highest BCUT2D eigenvalue weighted by atomic mass is 32.2. The second-order valence-corrected chi connectivity index (χ2v) is 8.39. The zero-order valence-electron chi connectivity index (χ0n) is 14.3. The van der Waals surface area contributed by atoms with Crippen LogP contribution in [0.25, 0.3) is 0 Å². The lowest BCUT2D eigenvalue weighted by atomic mass is 9.99. The molecule has 0 spiro atoms. The van der Waals surface area contributed by atoms with E-state index >= 15 is 0 Å². The molecule has 1 aliphatic rings. The molecule has 1 amide bonds.